The van der Waals surface area contributed by atoms with Gasteiger partial charge in [-0.2, -0.15) is 8.42 Å². The first-order chi connectivity index (χ1) is 31.5. The number of hydrogen-bond acceptors (Lipinski definition) is 13. The Kier molecular flexibility index (Phi) is 17.2. The van der Waals surface area contributed by atoms with E-state index in [4.69, 9.17) is 38.2 Å². The summed E-state index contributed by atoms with van der Waals surface area (Å²) in [6.07, 6.45) is 13.9. The standard InChI is InChI=1S/C23H22Cl2N4O5S2.C9H10N2.C8H8N2O.C5H6N2/c24-9-12-27(13-10-25)18-4-6-19(7-5-18)34-36(32,33)21(20-8-14-35-23(20)29(30)31)15-17-16-28-11-2-1-3-22(28)26-17;1-2-8-7-11-6-4-3-5-9(11)10-8;11-6-7-5-10-4-2-1-3-8(10)9-7;6-5-3-1-2-4-7-5/h1-8,11,14,16,21H,9-10,12-13,15H2;3-7H,2H2,1H3;1-5,11H,6H2;1-4H,(H2,6,7). The number of halogens is 2. The molecule has 0 amide bonds. The first kappa shape index (κ1) is 47.9. The first-order valence-electron chi connectivity index (χ1n) is 20.2. The molecule has 9 rings (SSSR count). The molecule has 9 aromatic rings. The van der Waals surface area contributed by atoms with Crippen molar-refractivity contribution in [2.75, 3.05) is 35.5 Å². The van der Waals surface area contributed by atoms with Gasteiger partial charge in [0.05, 0.1) is 34.2 Å². The fraction of sp³-hybridized carbons (Fsp3) is 0.200. The number of nitrogen functional groups attached to an aromatic ring is 1. The summed E-state index contributed by atoms with van der Waals surface area (Å²) < 4.78 is 38.1. The maximum atomic E-state index is 13.5. The number of alkyl halides is 2. The van der Waals surface area contributed by atoms with Crippen LogP contribution in [-0.2, 0) is 29.6 Å². The van der Waals surface area contributed by atoms with Gasteiger partial charge in [0.1, 0.15) is 33.8 Å². The normalized spacial score (nSPS) is 11.4. The molecule has 0 fully saturated rings. The van der Waals surface area contributed by atoms with E-state index in [9.17, 15) is 18.5 Å². The summed E-state index contributed by atoms with van der Waals surface area (Å²) in [4.78, 5) is 29.8. The van der Waals surface area contributed by atoms with Gasteiger partial charge in [-0.3, -0.25) is 10.1 Å². The Morgan fingerprint density at radius 2 is 1.32 bits per heavy atom. The van der Waals surface area contributed by atoms with Gasteiger partial charge in [0.25, 0.3) is 0 Å². The molecule has 65 heavy (non-hydrogen) atoms. The second-order valence-electron chi connectivity index (χ2n) is 13.9. The molecule has 0 aliphatic rings. The number of aliphatic hydroxyl groups excluding tert-OH is 1. The Balaban J connectivity index is 0.000000191. The highest BCUT2D eigenvalue weighted by molar-refractivity contribution is 7.87. The van der Waals surface area contributed by atoms with Gasteiger partial charge < -0.3 is 33.1 Å². The third-order valence-electron chi connectivity index (χ3n) is 9.51. The summed E-state index contributed by atoms with van der Waals surface area (Å²) in [6, 6.07) is 30.6. The van der Waals surface area contributed by atoms with Crippen molar-refractivity contribution >= 4 is 78.1 Å². The lowest BCUT2D eigenvalue weighted by molar-refractivity contribution is -0.380. The summed E-state index contributed by atoms with van der Waals surface area (Å²) in [5.41, 5.74) is 11.0. The van der Waals surface area contributed by atoms with Gasteiger partial charge in [-0.1, -0.05) is 42.5 Å². The average molecular weight is 958 g/mol. The van der Waals surface area contributed by atoms with Gasteiger partial charge in [-0.05, 0) is 90.7 Å². The molecule has 0 spiro atoms. The lowest BCUT2D eigenvalue weighted by Gasteiger charge is -2.23. The van der Waals surface area contributed by atoms with Crippen molar-refractivity contribution in [1.82, 2.24) is 33.1 Å². The van der Waals surface area contributed by atoms with Crippen molar-refractivity contribution in [2.45, 2.75) is 31.6 Å². The third-order valence-corrected chi connectivity index (χ3v) is 12.3. The number of aryl methyl sites for hydroxylation is 1. The number of aromatic nitrogens is 7. The number of thiophene rings is 1. The second-order valence-corrected chi connectivity index (χ2v) is 17.3. The molecule has 20 heteroatoms. The van der Waals surface area contributed by atoms with E-state index < -0.39 is 20.3 Å². The van der Waals surface area contributed by atoms with Crippen LogP contribution in [0.15, 0.2) is 152 Å². The fourth-order valence-electron chi connectivity index (χ4n) is 6.42. The summed E-state index contributed by atoms with van der Waals surface area (Å²) in [5.74, 6) is 1.48. The number of pyridine rings is 4. The molecule has 0 bridgehead atoms. The van der Waals surface area contributed by atoms with E-state index in [0.717, 1.165) is 40.4 Å². The first-order valence-corrected chi connectivity index (χ1v) is 23.6. The van der Waals surface area contributed by atoms with Crippen LogP contribution in [0, 0.1) is 10.1 Å². The van der Waals surface area contributed by atoms with Crippen LogP contribution in [0.4, 0.5) is 16.5 Å². The van der Waals surface area contributed by atoms with Gasteiger partial charge >= 0.3 is 15.1 Å². The lowest BCUT2D eigenvalue weighted by Crippen LogP contribution is -2.27. The summed E-state index contributed by atoms with van der Waals surface area (Å²) in [6.45, 7) is 3.27. The highest BCUT2D eigenvalue weighted by Crippen LogP contribution is 2.38. The van der Waals surface area contributed by atoms with Crippen LogP contribution in [0.5, 0.6) is 5.75 Å². The molecule has 8 heterocycles. The van der Waals surface area contributed by atoms with E-state index in [2.05, 4.69) is 33.1 Å². The minimum absolute atomic E-state index is 0.00167. The van der Waals surface area contributed by atoms with Crippen LogP contribution in [0.1, 0.15) is 34.8 Å². The minimum Gasteiger partial charge on any atom is -0.390 e. The number of nitrogens with two attached hydrogens (primary N) is 1. The number of rotatable bonds is 14. The number of imidazole rings is 3. The Morgan fingerprint density at radius 1 is 0.785 bits per heavy atom. The molecule has 8 aromatic heterocycles. The second kappa shape index (κ2) is 23.4. The smallest absolute Gasteiger partial charge is 0.328 e. The van der Waals surface area contributed by atoms with E-state index in [0.29, 0.717) is 47.7 Å². The molecule has 1 unspecified atom stereocenters. The number of benzene rings is 1. The Labute approximate surface area is 389 Å². The summed E-state index contributed by atoms with van der Waals surface area (Å²) in [5, 5.41) is 20.3. The summed E-state index contributed by atoms with van der Waals surface area (Å²) >= 11 is 12.6. The van der Waals surface area contributed by atoms with Crippen molar-refractivity contribution in [2.24, 2.45) is 0 Å². The van der Waals surface area contributed by atoms with Gasteiger partial charge in [0, 0.05) is 80.3 Å². The number of fused-ring (bicyclic) bond motifs is 3. The molecule has 3 N–H and O–H groups in total. The number of hydrogen-bond donors (Lipinski definition) is 2. The Hall–Kier alpha value is -6.57. The number of anilines is 2. The highest BCUT2D eigenvalue weighted by atomic mass is 35.5. The molecule has 0 saturated heterocycles. The third kappa shape index (κ3) is 13.2. The number of aliphatic hydroxyl groups is 1. The van der Waals surface area contributed by atoms with Crippen molar-refractivity contribution in [3.05, 3.63) is 185 Å². The van der Waals surface area contributed by atoms with E-state index in [1.807, 2.05) is 93.0 Å². The predicted molar refractivity (Wildman–Crippen MR) is 257 cm³/mol. The SMILES string of the molecule is CCc1cn2ccccc2n1.Nc1ccccn1.O=[N+]([O-])c1sccc1C(Cc1cn2ccccc2n1)S(=O)(=O)Oc1ccc(N(CCCl)CCCl)cc1.OCc1cn2ccccc2n1. The van der Waals surface area contributed by atoms with Gasteiger partial charge in [0.15, 0.2) is 0 Å². The molecule has 338 valence electrons. The van der Waals surface area contributed by atoms with Crippen LogP contribution in [0.25, 0.3) is 16.9 Å². The summed E-state index contributed by atoms with van der Waals surface area (Å²) in [7, 11) is -4.35. The maximum absolute atomic E-state index is 13.5. The van der Waals surface area contributed by atoms with Gasteiger partial charge in [-0.15, -0.1) is 23.2 Å². The van der Waals surface area contributed by atoms with E-state index in [1.54, 1.807) is 47.3 Å². The molecule has 0 saturated carbocycles. The van der Waals surface area contributed by atoms with Crippen molar-refractivity contribution in [3.63, 3.8) is 0 Å². The van der Waals surface area contributed by atoms with Crippen LogP contribution in [0.2, 0.25) is 0 Å². The molecule has 0 aliphatic heterocycles. The highest BCUT2D eigenvalue weighted by Gasteiger charge is 2.36. The molecular formula is C45H46Cl2N10O6S2. The van der Waals surface area contributed by atoms with E-state index in [1.165, 1.54) is 23.6 Å². The largest absolute Gasteiger partial charge is 0.390 e. The fourth-order valence-corrected chi connectivity index (χ4v) is 9.05. The Bertz CT molecular complexity index is 2820. The monoisotopic (exact) mass is 956 g/mol. The molecule has 0 radical (unpaired) electrons. The Morgan fingerprint density at radius 3 is 1.80 bits per heavy atom. The minimum atomic E-state index is -4.35. The average Bonchev–Trinajstić information content (AvgIpc) is 4.14. The van der Waals surface area contributed by atoms with Gasteiger partial charge in [0.2, 0.25) is 0 Å². The van der Waals surface area contributed by atoms with E-state index >= 15 is 0 Å². The van der Waals surface area contributed by atoms with Gasteiger partial charge in [-0.25, -0.2) is 19.9 Å². The topological polar surface area (TPSA) is 201 Å². The number of nitro groups is 1. The molecular weight excluding hydrogens is 912 g/mol. The molecule has 1 atom stereocenters. The van der Waals surface area contributed by atoms with Crippen molar-refractivity contribution < 1.29 is 22.6 Å². The lowest BCUT2D eigenvalue weighted by atomic mass is 10.1. The van der Waals surface area contributed by atoms with Crippen LogP contribution >= 0.6 is 34.5 Å². The zero-order valence-corrected chi connectivity index (χ0v) is 38.3. The van der Waals surface area contributed by atoms with E-state index in [-0.39, 0.29) is 29.3 Å². The molecule has 1 aromatic carbocycles. The van der Waals surface area contributed by atoms with Crippen LogP contribution < -0.4 is 14.8 Å². The molecule has 16 nitrogen and oxygen atoms in total. The molecule has 0 aliphatic carbocycles. The van der Waals surface area contributed by atoms with Crippen molar-refractivity contribution in [3.8, 4) is 5.75 Å². The maximum Gasteiger partial charge on any atom is 0.328 e. The zero-order chi connectivity index (χ0) is 46.2. The van der Waals surface area contributed by atoms with Crippen molar-refractivity contribution in [1.29, 1.82) is 0 Å². The predicted octanol–water partition coefficient (Wildman–Crippen LogP) is 8.67. The number of nitrogens with zero attached hydrogens (tertiary/aromatic N) is 9. The van der Waals surface area contributed by atoms with Crippen LogP contribution in [0.3, 0.4) is 0 Å². The zero-order valence-electron chi connectivity index (χ0n) is 35.1. The quantitative estimate of drug-likeness (QED) is 0.0455. The van der Waals surface area contributed by atoms with Crippen LogP contribution in [-0.4, -0.2) is 76.4 Å².